The Morgan fingerprint density at radius 1 is 1.16 bits per heavy atom. The molecule has 1 atom stereocenters. The van der Waals surface area contributed by atoms with Crippen LogP contribution in [0.2, 0.25) is 0 Å². The van der Waals surface area contributed by atoms with E-state index in [2.05, 4.69) is 29.1 Å². The fourth-order valence-corrected chi connectivity index (χ4v) is 2.86. The van der Waals surface area contributed by atoms with Crippen LogP contribution in [-0.2, 0) is 0 Å². The lowest BCUT2D eigenvalue weighted by atomic mass is 9.96. The SMILES string of the molecule is COc1cc(C(=O)NC(c2cccnc2)C(C)C)c2ccccc2n1. The lowest BCUT2D eigenvalue weighted by Gasteiger charge is -2.23. The first-order valence-corrected chi connectivity index (χ1v) is 8.24. The number of nitrogens with zero attached hydrogens (tertiary/aromatic N) is 2. The second kappa shape index (κ2) is 7.30. The summed E-state index contributed by atoms with van der Waals surface area (Å²) in [5, 5.41) is 3.93. The number of carbonyl (C=O) groups excluding carboxylic acids is 1. The average molecular weight is 335 g/mol. The van der Waals surface area contributed by atoms with Crippen molar-refractivity contribution in [3.05, 3.63) is 66.0 Å². The Hall–Kier alpha value is -2.95. The lowest BCUT2D eigenvalue weighted by Crippen LogP contribution is -2.32. The van der Waals surface area contributed by atoms with Gasteiger partial charge in [-0.2, -0.15) is 0 Å². The summed E-state index contributed by atoms with van der Waals surface area (Å²) in [5.41, 5.74) is 2.27. The molecule has 128 valence electrons. The topological polar surface area (TPSA) is 64.1 Å². The van der Waals surface area contributed by atoms with E-state index in [1.807, 2.05) is 36.4 Å². The highest BCUT2D eigenvalue weighted by atomic mass is 16.5. The average Bonchev–Trinajstić information content (AvgIpc) is 2.65. The summed E-state index contributed by atoms with van der Waals surface area (Å²) >= 11 is 0. The van der Waals surface area contributed by atoms with Gasteiger partial charge < -0.3 is 10.1 Å². The molecule has 0 aliphatic carbocycles. The molecular weight excluding hydrogens is 314 g/mol. The molecule has 0 saturated heterocycles. The number of nitrogens with one attached hydrogen (secondary N) is 1. The van der Waals surface area contributed by atoms with Crippen molar-refractivity contribution >= 4 is 16.8 Å². The van der Waals surface area contributed by atoms with Gasteiger partial charge in [-0.05, 0) is 23.6 Å². The lowest BCUT2D eigenvalue weighted by molar-refractivity contribution is 0.0926. The summed E-state index contributed by atoms with van der Waals surface area (Å²) < 4.78 is 5.25. The van der Waals surface area contributed by atoms with E-state index >= 15 is 0 Å². The van der Waals surface area contributed by atoms with Crippen LogP contribution in [0.1, 0.15) is 35.8 Å². The first kappa shape index (κ1) is 16.9. The number of methoxy groups -OCH3 is 1. The first-order chi connectivity index (χ1) is 12.1. The van der Waals surface area contributed by atoms with Crippen molar-refractivity contribution in [2.45, 2.75) is 19.9 Å². The number of benzene rings is 1. The van der Waals surface area contributed by atoms with Gasteiger partial charge in [-0.15, -0.1) is 0 Å². The van der Waals surface area contributed by atoms with Gasteiger partial charge in [0.15, 0.2) is 0 Å². The van der Waals surface area contributed by atoms with Gasteiger partial charge in [0.1, 0.15) is 0 Å². The van der Waals surface area contributed by atoms with E-state index in [-0.39, 0.29) is 17.9 Å². The molecule has 5 heteroatoms. The molecule has 0 saturated carbocycles. The van der Waals surface area contributed by atoms with Gasteiger partial charge in [0.05, 0.1) is 24.2 Å². The Kier molecular flexibility index (Phi) is 4.93. The van der Waals surface area contributed by atoms with Crippen LogP contribution in [0.3, 0.4) is 0 Å². The van der Waals surface area contributed by atoms with Crippen LogP contribution < -0.4 is 10.1 Å². The number of pyridine rings is 2. The van der Waals surface area contributed by atoms with Crippen LogP contribution in [0.25, 0.3) is 10.9 Å². The zero-order chi connectivity index (χ0) is 17.8. The second-order valence-electron chi connectivity index (χ2n) is 6.21. The molecule has 0 radical (unpaired) electrons. The largest absolute Gasteiger partial charge is 0.481 e. The molecule has 0 bridgehead atoms. The monoisotopic (exact) mass is 335 g/mol. The van der Waals surface area contributed by atoms with Gasteiger partial charge in [0.2, 0.25) is 5.88 Å². The van der Waals surface area contributed by atoms with E-state index in [0.717, 1.165) is 16.5 Å². The van der Waals surface area contributed by atoms with Crippen LogP contribution >= 0.6 is 0 Å². The third-order valence-corrected chi connectivity index (χ3v) is 4.14. The quantitative estimate of drug-likeness (QED) is 0.771. The minimum absolute atomic E-state index is 0.126. The molecule has 2 heterocycles. The number of rotatable bonds is 5. The van der Waals surface area contributed by atoms with Crippen molar-refractivity contribution in [3.63, 3.8) is 0 Å². The van der Waals surface area contributed by atoms with Crippen LogP contribution in [-0.4, -0.2) is 23.0 Å². The molecule has 0 fully saturated rings. The molecule has 0 aliphatic rings. The van der Waals surface area contributed by atoms with Gasteiger partial charge in [0, 0.05) is 23.8 Å². The number of hydrogen-bond acceptors (Lipinski definition) is 4. The minimum Gasteiger partial charge on any atom is -0.481 e. The number of para-hydroxylation sites is 1. The molecule has 1 amide bonds. The molecular formula is C20H21N3O2. The molecule has 0 aliphatic heterocycles. The summed E-state index contributed by atoms with van der Waals surface area (Å²) in [6.45, 7) is 4.15. The van der Waals surface area contributed by atoms with E-state index in [0.29, 0.717) is 11.4 Å². The fraction of sp³-hybridized carbons (Fsp3) is 0.250. The van der Waals surface area contributed by atoms with Crippen molar-refractivity contribution in [2.24, 2.45) is 5.92 Å². The molecule has 1 N–H and O–H groups in total. The fourth-order valence-electron chi connectivity index (χ4n) is 2.86. The predicted octanol–water partition coefficient (Wildman–Crippen LogP) is 3.77. The minimum atomic E-state index is -0.153. The number of aromatic nitrogens is 2. The van der Waals surface area contributed by atoms with Gasteiger partial charge in [0.25, 0.3) is 5.91 Å². The van der Waals surface area contributed by atoms with Crippen molar-refractivity contribution in [1.29, 1.82) is 0 Å². The van der Waals surface area contributed by atoms with Crippen molar-refractivity contribution in [3.8, 4) is 5.88 Å². The van der Waals surface area contributed by atoms with Crippen molar-refractivity contribution in [2.75, 3.05) is 7.11 Å². The zero-order valence-corrected chi connectivity index (χ0v) is 14.6. The Morgan fingerprint density at radius 2 is 1.96 bits per heavy atom. The van der Waals surface area contributed by atoms with Crippen molar-refractivity contribution < 1.29 is 9.53 Å². The van der Waals surface area contributed by atoms with E-state index in [9.17, 15) is 4.79 Å². The summed E-state index contributed by atoms with van der Waals surface area (Å²) in [4.78, 5) is 21.6. The Labute approximate surface area is 147 Å². The standard InChI is InChI=1S/C20H21N3O2/c1-13(2)19(14-7-6-10-21-12-14)23-20(24)16-11-18(25-3)22-17-9-5-4-8-15(16)17/h4-13,19H,1-3H3,(H,23,24). The second-order valence-corrected chi connectivity index (χ2v) is 6.21. The molecule has 25 heavy (non-hydrogen) atoms. The molecule has 5 nitrogen and oxygen atoms in total. The highest BCUT2D eigenvalue weighted by Crippen LogP contribution is 2.25. The zero-order valence-electron chi connectivity index (χ0n) is 14.6. The number of ether oxygens (including phenoxy) is 1. The highest BCUT2D eigenvalue weighted by molar-refractivity contribution is 6.06. The number of carbonyl (C=O) groups is 1. The summed E-state index contributed by atoms with van der Waals surface area (Å²) in [7, 11) is 1.55. The van der Waals surface area contributed by atoms with E-state index in [1.165, 1.54) is 0 Å². The van der Waals surface area contributed by atoms with E-state index in [4.69, 9.17) is 4.74 Å². The maximum Gasteiger partial charge on any atom is 0.252 e. The number of fused-ring (bicyclic) bond motifs is 1. The summed E-state index contributed by atoms with van der Waals surface area (Å²) in [5.74, 6) is 0.494. The van der Waals surface area contributed by atoms with Gasteiger partial charge in [-0.1, -0.05) is 38.1 Å². The molecule has 1 aromatic carbocycles. The van der Waals surface area contributed by atoms with Crippen LogP contribution in [0.4, 0.5) is 0 Å². The van der Waals surface area contributed by atoms with Gasteiger partial charge in [-0.3, -0.25) is 9.78 Å². The maximum absolute atomic E-state index is 13.0. The first-order valence-electron chi connectivity index (χ1n) is 8.24. The predicted molar refractivity (Wildman–Crippen MR) is 97.6 cm³/mol. The molecule has 2 aromatic heterocycles. The number of hydrogen-bond donors (Lipinski definition) is 1. The van der Waals surface area contributed by atoms with Crippen molar-refractivity contribution in [1.82, 2.24) is 15.3 Å². The Morgan fingerprint density at radius 3 is 2.64 bits per heavy atom. The summed E-state index contributed by atoms with van der Waals surface area (Å²) in [6, 6.07) is 13.0. The Balaban J connectivity index is 1.99. The van der Waals surface area contributed by atoms with Crippen LogP contribution in [0, 0.1) is 5.92 Å². The summed E-state index contributed by atoms with van der Waals surface area (Å²) in [6.07, 6.45) is 3.51. The normalized spacial score (nSPS) is 12.2. The van der Waals surface area contributed by atoms with Crippen LogP contribution in [0.5, 0.6) is 5.88 Å². The van der Waals surface area contributed by atoms with Gasteiger partial charge in [-0.25, -0.2) is 4.98 Å². The smallest absolute Gasteiger partial charge is 0.252 e. The van der Waals surface area contributed by atoms with Crippen LogP contribution in [0.15, 0.2) is 54.9 Å². The number of amides is 1. The molecule has 0 spiro atoms. The van der Waals surface area contributed by atoms with Gasteiger partial charge >= 0.3 is 0 Å². The van der Waals surface area contributed by atoms with E-state index < -0.39 is 0 Å². The maximum atomic E-state index is 13.0. The Bertz CT molecular complexity index is 879. The third kappa shape index (κ3) is 3.60. The molecule has 1 unspecified atom stereocenters. The molecule has 3 rings (SSSR count). The third-order valence-electron chi connectivity index (χ3n) is 4.14. The highest BCUT2D eigenvalue weighted by Gasteiger charge is 2.21. The molecule has 3 aromatic rings. The van der Waals surface area contributed by atoms with E-state index in [1.54, 1.807) is 25.6 Å².